The molecule has 6 nitrogen and oxygen atoms in total. The third-order valence-electron chi connectivity index (χ3n) is 2.14. The Morgan fingerprint density at radius 3 is 2.56 bits per heavy atom. The van der Waals surface area contributed by atoms with Crippen LogP contribution in [0, 0.1) is 0 Å². The molecule has 4 N–H and O–H groups in total. The highest BCUT2D eigenvalue weighted by Gasteiger charge is 2.14. The molecule has 0 aliphatic heterocycles. The Morgan fingerprint density at radius 1 is 1.39 bits per heavy atom. The van der Waals surface area contributed by atoms with E-state index in [0.717, 1.165) is 5.56 Å². The van der Waals surface area contributed by atoms with Crippen molar-refractivity contribution in [3.05, 3.63) is 23.8 Å². The van der Waals surface area contributed by atoms with Crippen LogP contribution in [0.25, 0.3) is 0 Å². The minimum absolute atomic E-state index is 0.184. The lowest BCUT2D eigenvalue weighted by atomic mass is 10.2. The van der Waals surface area contributed by atoms with E-state index in [-0.39, 0.29) is 6.04 Å². The lowest BCUT2D eigenvalue weighted by Gasteiger charge is -2.14. The largest absolute Gasteiger partial charge is 0.495 e. The summed E-state index contributed by atoms with van der Waals surface area (Å²) in [5, 5.41) is 0. The van der Waals surface area contributed by atoms with Crippen LogP contribution in [0.2, 0.25) is 0 Å². The van der Waals surface area contributed by atoms with Crippen molar-refractivity contribution >= 4 is 15.9 Å². The summed E-state index contributed by atoms with van der Waals surface area (Å²) < 4.78 is 33.4. The second-order valence-corrected chi connectivity index (χ2v) is 5.56. The van der Waals surface area contributed by atoms with Gasteiger partial charge in [-0.25, -0.2) is 0 Å². The maximum Gasteiger partial charge on any atom is 0.299 e. The number of hydrogen-bond acceptors (Lipinski definition) is 4. The number of hydrogen-bond donors (Lipinski definition) is 3. The van der Waals surface area contributed by atoms with E-state index in [1.54, 1.807) is 32.0 Å². The van der Waals surface area contributed by atoms with Gasteiger partial charge in [0, 0.05) is 12.6 Å². The van der Waals surface area contributed by atoms with Gasteiger partial charge in [0.15, 0.2) is 0 Å². The van der Waals surface area contributed by atoms with Crippen LogP contribution in [0.4, 0.5) is 5.69 Å². The zero-order valence-electron chi connectivity index (χ0n) is 10.7. The molecule has 0 aliphatic carbocycles. The van der Waals surface area contributed by atoms with Gasteiger partial charge in [0.2, 0.25) is 0 Å². The number of nitrogens with two attached hydrogens (primary N) is 1. The summed E-state index contributed by atoms with van der Waals surface area (Å²) in [6.45, 7) is 3.86. The van der Waals surface area contributed by atoms with Crippen molar-refractivity contribution in [2.75, 3.05) is 11.8 Å². The SMILES string of the molecule is COc1cc(CN)ccc1NS(=O)(=O)NC(C)C. The maximum absolute atomic E-state index is 11.7. The summed E-state index contributed by atoms with van der Waals surface area (Å²) in [5.41, 5.74) is 6.75. The van der Waals surface area contributed by atoms with Crippen molar-refractivity contribution in [1.82, 2.24) is 4.72 Å². The molecule has 0 radical (unpaired) electrons. The summed E-state index contributed by atoms with van der Waals surface area (Å²) in [7, 11) is -2.12. The van der Waals surface area contributed by atoms with Gasteiger partial charge < -0.3 is 10.5 Å². The molecule has 1 aromatic rings. The highest BCUT2D eigenvalue weighted by molar-refractivity contribution is 7.90. The Balaban J connectivity index is 2.97. The van der Waals surface area contributed by atoms with E-state index in [1.165, 1.54) is 7.11 Å². The van der Waals surface area contributed by atoms with E-state index in [0.29, 0.717) is 18.0 Å². The van der Waals surface area contributed by atoms with E-state index >= 15 is 0 Å². The standard InChI is InChI=1S/C11H19N3O3S/c1-8(2)13-18(15,16)14-10-5-4-9(7-12)6-11(10)17-3/h4-6,8,13-14H,7,12H2,1-3H3. The molecule has 0 fully saturated rings. The zero-order chi connectivity index (χ0) is 13.8. The predicted octanol–water partition coefficient (Wildman–Crippen LogP) is 0.809. The average molecular weight is 273 g/mol. The van der Waals surface area contributed by atoms with Gasteiger partial charge in [-0.1, -0.05) is 6.07 Å². The molecule has 0 spiro atoms. The lowest BCUT2D eigenvalue weighted by Crippen LogP contribution is -2.35. The molecule has 0 atom stereocenters. The summed E-state index contributed by atoms with van der Waals surface area (Å²) in [6, 6.07) is 4.89. The fourth-order valence-electron chi connectivity index (χ4n) is 1.43. The normalized spacial score (nSPS) is 11.6. The van der Waals surface area contributed by atoms with Crippen molar-refractivity contribution in [1.29, 1.82) is 0 Å². The molecule has 0 aromatic heterocycles. The molecule has 7 heteroatoms. The van der Waals surface area contributed by atoms with Gasteiger partial charge in [-0.3, -0.25) is 4.72 Å². The Kier molecular flexibility index (Phi) is 4.94. The van der Waals surface area contributed by atoms with E-state index in [2.05, 4.69) is 9.44 Å². The summed E-state index contributed by atoms with van der Waals surface area (Å²) in [6.07, 6.45) is 0. The molecule has 0 unspecified atom stereocenters. The number of benzene rings is 1. The average Bonchev–Trinajstić information content (AvgIpc) is 2.27. The van der Waals surface area contributed by atoms with Crippen LogP contribution in [0.5, 0.6) is 5.75 Å². The highest BCUT2D eigenvalue weighted by Crippen LogP contribution is 2.26. The van der Waals surface area contributed by atoms with Gasteiger partial charge in [-0.2, -0.15) is 13.1 Å². The fourth-order valence-corrected chi connectivity index (χ4v) is 2.57. The van der Waals surface area contributed by atoms with Gasteiger partial charge >= 0.3 is 0 Å². The first kappa shape index (κ1) is 14.7. The first-order valence-corrected chi connectivity index (χ1v) is 7.03. The van der Waals surface area contributed by atoms with Crippen molar-refractivity contribution in [2.24, 2.45) is 5.73 Å². The molecule has 0 saturated heterocycles. The van der Waals surface area contributed by atoms with Crippen LogP contribution in [-0.2, 0) is 16.8 Å². The van der Waals surface area contributed by atoms with E-state index in [9.17, 15) is 8.42 Å². The minimum Gasteiger partial charge on any atom is -0.495 e. The molecular weight excluding hydrogens is 254 g/mol. The molecule has 1 rings (SSSR count). The molecule has 0 bridgehead atoms. The predicted molar refractivity (Wildman–Crippen MR) is 71.7 cm³/mol. The van der Waals surface area contributed by atoms with E-state index in [1.807, 2.05) is 0 Å². The third kappa shape index (κ3) is 4.17. The number of nitrogens with one attached hydrogen (secondary N) is 2. The lowest BCUT2D eigenvalue weighted by molar-refractivity contribution is 0.416. The fraction of sp³-hybridized carbons (Fsp3) is 0.455. The topological polar surface area (TPSA) is 93.4 Å². The number of anilines is 1. The van der Waals surface area contributed by atoms with Gasteiger partial charge in [0.05, 0.1) is 12.8 Å². The number of methoxy groups -OCH3 is 1. The van der Waals surface area contributed by atoms with Gasteiger partial charge in [-0.15, -0.1) is 0 Å². The molecule has 102 valence electrons. The highest BCUT2D eigenvalue weighted by atomic mass is 32.2. The van der Waals surface area contributed by atoms with Gasteiger partial charge in [-0.05, 0) is 31.5 Å². The Labute approximate surface area is 108 Å². The van der Waals surface area contributed by atoms with Crippen LogP contribution >= 0.6 is 0 Å². The Morgan fingerprint density at radius 2 is 2.06 bits per heavy atom. The maximum atomic E-state index is 11.7. The molecule has 1 aromatic carbocycles. The van der Waals surface area contributed by atoms with Crippen LogP contribution in [-0.4, -0.2) is 21.6 Å². The van der Waals surface area contributed by atoms with Gasteiger partial charge in [0.25, 0.3) is 10.2 Å². The quantitative estimate of drug-likeness (QED) is 0.715. The number of rotatable bonds is 6. The summed E-state index contributed by atoms with van der Waals surface area (Å²) in [5.74, 6) is 0.437. The summed E-state index contributed by atoms with van der Waals surface area (Å²) >= 11 is 0. The van der Waals surface area contributed by atoms with Crippen LogP contribution in [0.1, 0.15) is 19.4 Å². The van der Waals surface area contributed by atoms with E-state index in [4.69, 9.17) is 10.5 Å². The molecule has 18 heavy (non-hydrogen) atoms. The monoisotopic (exact) mass is 273 g/mol. The second kappa shape index (κ2) is 6.03. The van der Waals surface area contributed by atoms with Crippen LogP contribution in [0.15, 0.2) is 18.2 Å². The van der Waals surface area contributed by atoms with Crippen molar-refractivity contribution in [3.63, 3.8) is 0 Å². The third-order valence-corrected chi connectivity index (χ3v) is 3.41. The van der Waals surface area contributed by atoms with E-state index < -0.39 is 10.2 Å². The first-order valence-electron chi connectivity index (χ1n) is 5.55. The molecule has 0 saturated carbocycles. The first-order chi connectivity index (χ1) is 8.38. The molecule has 0 aliphatic rings. The smallest absolute Gasteiger partial charge is 0.299 e. The second-order valence-electron chi connectivity index (χ2n) is 4.12. The van der Waals surface area contributed by atoms with Crippen molar-refractivity contribution in [2.45, 2.75) is 26.4 Å². The Hall–Kier alpha value is -1.31. The summed E-state index contributed by atoms with van der Waals surface area (Å²) in [4.78, 5) is 0. The van der Waals surface area contributed by atoms with Crippen molar-refractivity contribution < 1.29 is 13.2 Å². The van der Waals surface area contributed by atoms with Crippen LogP contribution < -0.4 is 19.9 Å². The van der Waals surface area contributed by atoms with Crippen LogP contribution in [0.3, 0.4) is 0 Å². The van der Waals surface area contributed by atoms with Crippen molar-refractivity contribution in [3.8, 4) is 5.75 Å². The number of ether oxygens (including phenoxy) is 1. The zero-order valence-corrected chi connectivity index (χ0v) is 11.5. The molecule has 0 amide bonds. The molecule has 0 heterocycles. The van der Waals surface area contributed by atoms with Gasteiger partial charge in [0.1, 0.15) is 5.75 Å². The minimum atomic E-state index is -3.60. The Bertz CT molecular complexity index is 500. The molecular formula is C11H19N3O3S.